The van der Waals surface area contributed by atoms with Crippen LogP contribution in [0.4, 0.5) is 22.4 Å². The first-order valence-electron chi connectivity index (χ1n) is 16.1. The first-order chi connectivity index (χ1) is 22.8. The summed E-state index contributed by atoms with van der Waals surface area (Å²) >= 11 is 0. The third-order valence-corrected chi connectivity index (χ3v) is 8.29. The average Bonchev–Trinajstić information content (AvgIpc) is 3.65. The van der Waals surface area contributed by atoms with Crippen LogP contribution >= 0.6 is 0 Å². The van der Waals surface area contributed by atoms with Crippen LogP contribution < -0.4 is 4.74 Å². The molecule has 2 aromatic carbocycles. The number of pyridine rings is 1. The van der Waals surface area contributed by atoms with Crippen molar-refractivity contribution < 1.29 is 36.6 Å². The van der Waals surface area contributed by atoms with Crippen molar-refractivity contribution in [3.05, 3.63) is 89.5 Å². The maximum atomic E-state index is 15.4. The van der Waals surface area contributed by atoms with Crippen molar-refractivity contribution >= 4 is 28.1 Å². The van der Waals surface area contributed by atoms with E-state index >= 15 is 4.39 Å². The van der Waals surface area contributed by atoms with Crippen LogP contribution in [0, 0.1) is 5.95 Å². The highest BCUT2D eigenvalue weighted by atomic mass is 19.4. The Hall–Kier alpha value is -4.45. The molecule has 0 spiro atoms. The fraction of sp³-hybridized carbons (Fsp3) is 0.417. The number of likely N-dealkylation sites (tertiary alicyclic amines) is 1. The van der Waals surface area contributed by atoms with E-state index in [0.717, 1.165) is 12.8 Å². The van der Waals surface area contributed by atoms with Crippen molar-refractivity contribution in [2.75, 3.05) is 19.7 Å². The number of allylic oxidation sites excluding steroid dienone is 1. The van der Waals surface area contributed by atoms with Crippen LogP contribution in [0.1, 0.15) is 75.8 Å². The molecule has 4 aromatic rings. The number of halogens is 4. The normalized spacial score (nSPS) is 19.4. The van der Waals surface area contributed by atoms with Crippen LogP contribution in [0.3, 0.4) is 0 Å². The van der Waals surface area contributed by atoms with Gasteiger partial charge in [0.25, 0.3) is 0 Å². The van der Waals surface area contributed by atoms with Crippen LogP contribution in [0.25, 0.3) is 22.0 Å². The number of carbonyl (C=O) groups excluding carboxylic acids is 1. The Morgan fingerprint density at radius 2 is 1.75 bits per heavy atom. The molecular formula is C36H38F4N4O4. The van der Waals surface area contributed by atoms with Gasteiger partial charge in [0.05, 0.1) is 23.9 Å². The van der Waals surface area contributed by atoms with Gasteiger partial charge in [-0.05, 0) is 80.5 Å². The van der Waals surface area contributed by atoms with Crippen molar-refractivity contribution in [2.24, 2.45) is 0 Å². The van der Waals surface area contributed by atoms with Crippen LogP contribution in [-0.4, -0.2) is 63.3 Å². The number of hydrogen-bond donors (Lipinski definition) is 0. The highest BCUT2D eigenvalue weighted by Gasteiger charge is 2.33. The summed E-state index contributed by atoms with van der Waals surface area (Å²) in [6.45, 7) is 6.73. The van der Waals surface area contributed by atoms with E-state index in [-0.39, 0.29) is 28.5 Å². The summed E-state index contributed by atoms with van der Waals surface area (Å²) in [4.78, 5) is 18.5. The lowest BCUT2D eigenvalue weighted by Gasteiger charge is -2.24. The van der Waals surface area contributed by atoms with E-state index in [1.807, 2.05) is 0 Å². The van der Waals surface area contributed by atoms with Crippen molar-refractivity contribution in [3.8, 4) is 5.88 Å². The van der Waals surface area contributed by atoms with Gasteiger partial charge >= 0.3 is 12.3 Å². The summed E-state index contributed by atoms with van der Waals surface area (Å²) in [6.07, 6.45) is -2.35. The molecule has 2 atom stereocenters. The summed E-state index contributed by atoms with van der Waals surface area (Å²) < 4.78 is 76.8. The minimum atomic E-state index is -4.53. The Morgan fingerprint density at radius 1 is 0.979 bits per heavy atom. The Morgan fingerprint density at radius 3 is 2.42 bits per heavy atom. The number of carbonyl (C=O) groups is 1. The second kappa shape index (κ2) is 13.6. The largest absolute Gasteiger partial charge is 0.472 e. The van der Waals surface area contributed by atoms with E-state index < -0.39 is 36.5 Å². The highest BCUT2D eigenvalue weighted by Crippen LogP contribution is 2.41. The molecule has 4 heterocycles. The zero-order valence-corrected chi connectivity index (χ0v) is 27.1. The molecule has 12 heteroatoms. The average molecular weight is 667 g/mol. The van der Waals surface area contributed by atoms with Gasteiger partial charge in [0.1, 0.15) is 11.7 Å². The van der Waals surface area contributed by atoms with Gasteiger partial charge in [0.2, 0.25) is 11.8 Å². The number of alkyl halides is 3. The van der Waals surface area contributed by atoms with Gasteiger partial charge in [0, 0.05) is 37.4 Å². The third-order valence-electron chi connectivity index (χ3n) is 8.29. The van der Waals surface area contributed by atoms with Gasteiger partial charge in [-0.25, -0.2) is 14.5 Å². The molecule has 6 rings (SSSR count). The molecule has 0 aliphatic carbocycles. The number of aromatic nitrogens is 3. The van der Waals surface area contributed by atoms with Crippen LogP contribution in [0.2, 0.25) is 0 Å². The maximum Gasteiger partial charge on any atom is 0.410 e. The molecule has 0 N–H and O–H groups in total. The zero-order chi connectivity index (χ0) is 34.1. The molecular weight excluding hydrogens is 628 g/mol. The van der Waals surface area contributed by atoms with Crippen molar-refractivity contribution in [1.29, 1.82) is 0 Å². The first kappa shape index (κ1) is 33.5. The Bertz CT molecular complexity index is 1780. The molecule has 254 valence electrons. The first-order valence-corrected chi connectivity index (χ1v) is 16.1. The van der Waals surface area contributed by atoms with Gasteiger partial charge in [-0.1, -0.05) is 36.4 Å². The molecule has 8 nitrogen and oxygen atoms in total. The monoisotopic (exact) mass is 666 g/mol. The third kappa shape index (κ3) is 7.81. The van der Waals surface area contributed by atoms with Crippen LogP contribution in [-0.2, 0) is 9.47 Å². The van der Waals surface area contributed by atoms with E-state index in [1.165, 1.54) is 10.9 Å². The number of ether oxygens (including phenoxy) is 3. The van der Waals surface area contributed by atoms with E-state index in [0.29, 0.717) is 54.7 Å². The van der Waals surface area contributed by atoms with Gasteiger partial charge in [-0.15, -0.1) is 5.10 Å². The van der Waals surface area contributed by atoms with Gasteiger partial charge in [-0.2, -0.15) is 17.6 Å². The lowest BCUT2D eigenvalue weighted by molar-refractivity contribution is -0.122. The molecule has 2 aromatic heterocycles. The zero-order valence-electron chi connectivity index (χ0n) is 27.1. The standard InChI is InChI=1S/C36H38F4N4O4/c1-35(2,3)48-34(45)43-17-16-26(22-43)47-30-15-13-25(21-41-30)32(28(20-36(38,39)40)23-9-5-4-6-10-23)24-12-14-29-27(19-24)33(37)42-44(29)31-11-7-8-18-46-31/h4-6,9-10,12-15,19,21,26,31H,7-8,11,16-18,20,22H2,1-3H3/b32-28-/t26-,31?/m1/s1. The lowest BCUT2D eigenvalue weighted by atomic mass is 9.88. The van der Waals surface area contributed by atoms with Gasteiger partial charge < -0.3 is 19.1 Å². The molecule has 1 amide bonds. The van der Waals surface area contributed by atoms with E-state index in [9.17, 15) is 18.0 Å². The quantitative estimate of drug-likeness (QED) is 0.145. The predicted molar refractivity (Wildman–Crippen MR) is 173 cm³/mol. The van der Waals surface area contributed by atoms with E-state index in [4.69, 9.17) is 14.2 Å². The number of benzene rings is 2. The van der Waals surface area contributed by atoms with Gasteiger partial charge in [0.15, 0.2) is 6.23 Å². The number of fused-ring (bicyclic) bond motifs is 1. The SMILES string of the molecule is CC(C)(C)OC(=O)N1CC[C@@H](Oc2ccc(/C(=C(/CC(F)(F)F)c3ccccc3)c3ccc4c(c3)c(F)nn4C3CCCCO3)cn2)C1. The molecule has 2 saturated heterocycles. The smallest absolute Gasteiger partial charge is 0.410 e. The van der Waals surface area contributed by atoms with Crippen LogP contribution in [0.15, 0.2) is 66.9 Å². The predicted octanol–water partition coefficient (Wildman–Crippen LogP) is 8.57. The molecule has 2 aliphatic heterocycles. The minimum Gasteiger partial charge on any atom is -0.472 e. The van der Waals surface area contributed by atoms with Crippen LogP contribution in [0.5, 0.6) is 5.88 Å². The second-order valence-corrected chi connectivity index (χ2v) is 13.1. The number of nitrogens with zero attached hydrogens (tertiary/aromatic N) is 4. The molecule has 1 unspecified atom stereocenters. The molecule has 48 heavy (non-hydrogen) atoms. The maximum absolute atomic E-state index is 15.4. The van der Waals surface area contributed by atoms with Crippen molar-refractivity contribution in [2.45, 2.75) is 77.0 Å². The fourth-order valence-electron chi connectivity index (χ4n) is 6.17. The Labute approximate surface area is 276 Å². The molecule has 2 aliphatic rings. The number of hydrogen-bond acceptors (Lipinski definition) is 6. The minimum absolute atomic E-state index is 0.0186. The Balaban J connectivity index is 1.36. The molecule has 0 radical (unpaired) electrons. The summed E-state index contributed by atoms with van der Waals surface area (Å²) in [6, 6.07) is 16.5. The molecule has 0 saturated carbocycles. The van der Waals surface area contributed by atoms with E-state index in [2.05, 4.69) is 10.1 Å². The molecule has 2 fully saturated rings. The van der Waals surface area contributed by atoms with Crippen molar-refractivity contribution in [3.63, 3.8) is 0 Å². The highest BCUT2D eigenvalue weighted by molar-refractivity contribution is 6.00. The summed E-state index contributed by atoms with van der Waals surface area (Å²) in [5.74, 6) is -0.460. The summed E-state index contributed by atoms with van der Waals surface area (Å²) in [5, 5.41) is 4.29. The fourth-order valence-corrected chi connectivity index (χ4v) is 6.17. The summed E-state index contributed by atoms with van der Waals surface area (Å²) in [7, 11) is 0. The summed E-state index contributed by atoms with van der Waals surface area (Å²) in [5.41, 5.74) is 1.32. The lowest BCUT2D eigenvalue weighted by Crippen LogP contribution is -2.36. The van der Waals surface area contributed by atoms with Gasteiger partial charge in [-0.3, -0.25) is 0 Å². The molecule has 0 bridgehead atoms. The Kier molecular flexibility index (Phi) is 9.46. The van der Waals surface area contributed by atoms with Crippen molar-refractivity contribution in [1.82, 2.24) is 19.7 Å². The topological polar surface area (TPSA) is 78.7 Å². The number of rotatable bonds is 7. The number of amides is 1. The second-order valence-electron chi connectivity index (χ2n) is 13.1. The van der Waals surface area contributed by atoms with E-state index in [1.54, 1.807) is 86.3 Å².